The molecular formula is C18H23IN2O2. The van der Waals surface area contributed by atoms with E-state index >= 15 is 0 Å². The largest absolute Gasteiger partial charge is 0.507 e. The van der Waals surface area contributed by atoms with Gasteiger partial charge in [0.05, 0.1) is 10.2 Å². The third kappa shape index (κ3) is 4.59. The molecule has 0 amide bonds. The first kappa shape index (κ1) is 18.0. The number of hydrogen-bond acceptors (Lipinski definition) is 4. The average molecular weight is 426 g/mol. The number of hydrogen-bond donors (Lipinski definition) is 3. The van der Waals surface area contributed by atoms with E-state index in [4.69, 9.17) is 10.6 Å². The van der Waals surface area contributed by atoms with Crippen molar-refractivity contribution >= 4 is 22.6 Å². The first-order valence-electron chi connectivity index (χ1n) is 7.61. The van der Waals surface area contributed by atoms with E-state index < -0.39 is 0 Å². The van der Waals surface area contributed by atoms with Crippen LogP contribution in [0.25, 0.3) is 0 Å². The average Bonchev–Trinajstić information content (AvgIpc) is 2.54. The summed E-state index contributed by atoms with van der Waals surface area (Å²) >= 11 is 2.15. The summed E-state index contributed by atoms with van der Waals surface area (Å²) in [5.41, 5.74) is 4.84. The molecule has 0 atom stereocenters. The Balaban J connectivity index is 2.11. The molecule has 5 heteroatoms. The molecule has 124 valence electrons. The smallest absolute Gasteiger partial charge is 0.128 e. The lowest BCUT2D eigenvalue weighted by atomic mass is 9.78. The van der Waals surface area contributed by atoms with Crippen molar-refractivity contribution in [1.82, 2.24) is 5.43 Å². The van der Waals surface area contributed by atoms with Crippen LogP contribution >= 0.6 is 22.6 Å². The van der Waals surface area contributed by atoms with E-state index in [9.17, 15) is 5.11 Å². The highest BCUT2D eigenvalue weighted by Gasteiger charge is 2.23. The molecule has 4 nitrogen and oxygen atoms in total. The van der Waals surface area contributed by atoms with Gasteiger partial charge >= 0.3 is 0 Å². The molecule has 2 rings (SSSR count). The summed E-state index contributed by atoms with van der Waals surface area (Å²) in [6.45, 7) is 5.74. The molecular weight excluding hydrogens is 403 g/mol. The molecule has 0 radical (unpaired) electrons. The number of hydrazine groups is 1. The highest BCUT2D eigenvalue weighted by Crippen LogP contribution is 2.34. The second-order valence-corrected chi connectivity index (χ2v) is 7.13. The minimum Gasteiger partial charge on any atom is -0.507 e. The quantitative estimate of drug-likeness (QED) is 0.274. The Morgan fingerprint density at radius 2 is 1.78 bits per heavy atom. The number of phenolic OH excluding ortho intramolecular Hbond substituents is 1. The van der Waals surface area contributed by atoms with Crippen molar-refractivity contribution in [3.05, 3.63) is 57.2 Å². The maximum absolute atomic E-state index is 9.70. The van der Waals surface area contributed by atoms with Crippen LogP contribution in [0.15, 0.2) is 42.5 Å². The van der Waals surface area contributed by atoms with E-state index in [2.05, 4.69) is 54.0 Å². The molecule has 0 spiro atoms. The summed E-state index contributed by atoms with van der Waals surface area (Å²) in [5, 5.41) is 9.70. The van der Waals surface area contributed by atoms with Crippen LogP contribution in [0.2, 0.25) is 0 Å². The molecule has 0 saturated heterocycles. The van der Waals surface area contributed by atoms with Gasteiger partial charge in [0.25, 0.3) is 0 Å². The fraction of sp³-hybridized carbons (Fsp3) is 0.333. The van der Waals surface area contributed by atoms with E-state index in [0.717, 1.165) is 22.3 Å². The highest BCUT2D eigenvalue weighted by atomic mass is 127. The lowest BCUT2D eigenvalue weighted by molar-refractivity contribution is 0.308. The van der Waals surface area contributed by atoms with E-state index in [0.29, 0.717) is 12.4 Å². The van der Waals surface area contributed by atoms with Crippen molar-refractivity contribution in [1.29, 1.82) is 0 Å². The SMILES string of the molecule is CC(C)(c1ccc(OCCCNN)cc1)c1ccc(O)c(I)c1. The minimum absolute atomic E-state index is 0.143. The molecule has 0 aliphatic rings. The van der Waals surface area contributed by atoms with Gasteiger partial charge in [-0.25, -0.2) is 0 Å². The van der Waals surface area contributed by atoms with Crippen LogP contribution in [0.4, 0.5) is 0 Å². The van der Waals surface area contributed by atoms with Crippen LogP contribution in [0.5, 0.6) is 11.5 Å². The molecule has 2 aromatic carbocycles. The van der Waals surface area contributed by atoms with Crippen molar-refractivity contribution in [2.75, 3.05) is 13.2 Å². The van der Waals surface area contributed by atoms with Crippen molar-refractivity contribution in [2.45, 2.75) is 25.7 Å². The number of nitrogens with two attached hydrogens (primary N) is 1. The van der Waals surface area contributed by atoms with Gasteiger partial charge in [-0.3, -0.25) is 11.3 Å². The predicted octanol–water partition coefficient (Wildman–Crippen LogP) is 3.55. The van der Waals surface area contributed by atoms with E-state index in [1.54, 1.807) is 6.07 Å². The molecule has 0 aliphatic heterocycles. The Morgan fingerprint density at radius 3 is 2.39 bits per heavy atom. The van der Waals surface area contributed by atoms with Crippen molar-refractivity contribution in [3.63, 3.8) is 0 Å². The Hall–Kier alpha value is -1.31. The normalized spacial score (nSPS) is 11.5. The molecule has 23 heavy (non-hydrogen) atoms. The predicted molar refractivity (Wildman–Crippen MR) is 102 cm³/mol. The number of halogens is 1. The topological polar surface area (TPSA) is 67.5 Å². The van der Waals surface area contributed by atoms with E-state index in [1.165, 1.54) is 11.1 Å². The van der Waals surface area contributed by atoms with Gasteiger partial charge in [-0.15, -0.1) is 0 Å². The van der Waals surface area contributed by atoms with Crippen molar-refractivity contribution in [3.8, 4) is 11.5 Å². The zero-order valence-electron chi connectivity index (χ0n) is 13.5. The molecule has 0 saturated carbocycles. The van der Waals surface area contributed by atoms with Gasteiger partial charge in [0.15, 0.2) is 0 Å². The van der Waals surface area contributed by atoms with E-state index in [-0.39, 0.29) is 5.41 Å². The van der Waals surface area contributed by atoms with Crippen LogP contribution in [0, 0.1) is 3.57 Å². The van der Waals surface area contributed by atoms with Gasteiger partial charge in [-0.2, -0.15) is 0 Å². The van der Waals surface area contributed by atoms with E-state index in [1.807, 2.05) is 24.3 Å². The van der Waals surface area contributed by atoms with Gasteiger partial charge in [0.1, 0.15) is 11.5 Å². The van der Waals surface area contributed by atoms with Gasteiger partial charge in [0.2, 0.25) is 0 Å². The van der Waals surface area contributed by atoms with Gasteiger partial charge in [0, 0.05) is 12.0 Å². The number of phenols is 1. The maximum atomic E-state index is 9.70. The summed E-state index contributed by atoms with van der Waals surface area (Å²) in [6, 6.07) is 13.9. The van der Waals surface area contributed by atoms with Crippen LogP contribution in [-0.4, -0.2) is 18.3 Å². The van der Waals surface area contributed by atoms with Crippen LogP contribution < -0.4 is 16.0 Å². The van der Waals surface area contributed by atoms with Crippen LogP contribution in [0.1, 0.15) is 31.4 Å². The van der Waals surface area contributed by atoms with Crippen molar-refractivity contribution < 1.29 is 9.84 Å². The Morgan fingerprint density at radius 1 is 1.13 bits per heavy atom. The summed E-state index contributed by atoms with van der Waals surface area (Å²) < 4.78 is 6.55. The maximum Gasteiger partial charge on any atom is 0.128 e. The second kappa shape index (κ2) is 7.99. The second-order valence-electron chi connectivity index (χ2n) is 5.97. The molecule has 0 heterocycles. The summed E-state index contributed by atoms with van der Waals surface area (Å²) in [5.74, 6) is 6.41. The third-order valence-electron chi connectivity index (χ3n) is 3.98. The monoisotopic (exact) mass is 426 g/mol. The first-order chi connectivity index (χ1) is 10.9. The fourth-order valence-electron chi connectivity index (χ4n) is 2.39. The summed E-state index contributed by atoms with van der Waals surface area (Å²) in [6.07, 6.45) is 0.871. The molecule has 0 fully saturated rings. The number of rotatable bonds is 7. The molecule has 0 aliphatic carbocycles. The number of aromatic hydroxyl groups is 1. The Kier molecular flexibility index (Phi) is 6.26. The number of ether oxygens (including phenoxy) is 1. The Labute approximate surface area is 151 Å². The summed E-state index contributed by atoms with van der Waals surface area (Å²) in [7, 11) is 0. The van der Waals surface area contributed by atoms with Gasteiger partial charge in [-0.05, 0) is 64.4 Å². The fourth-order valence-corrected chi connectivity index (χ4v) is 2.91. The first-order valence-corrected chi connectivity index (χ1v) is 8.69. The van der Waals surface area contributed by atoms with Crippen LogP contribution in [0.3, 0.4) is 0 Å². The zero-order chi connectivity index (χ0) is 16.9. The molecule has 0 bridgehead atoms. The standard InChI is InChI=1S/C18H23IN2O2/c1-18(2,14-6-9-17(22)16(19)12-14)13-4-7-15(8-5-13)23-11-3-10-21-20/h4-9,12,21-22H,3,10-11,20H2,1-2H3. The number of nitrogens with one attached hydrogen (secondary N) is 1. The molecule has 0 aromatic heterocycles. The third-order valence-corrected chi connectivity index (χ3v) is 4.84. The molecule has 0 unspecified atom stereocenters. The van der Waals surface area contributed by atoms with Gasteiger partial charge < -0.3 is 9.84 Å². The molecule has 2 aromatic rings. The van der Waals surface area contributed by atoms with Gasteiger partial charge in [-0.1, -0.05) is 32.0 Å². The zero-order valence-corrected chi connectivity index (χ0v) is 15.6. The number of benzene rings is 2. The van der Waals surface area contributed by atoms with Crippen LogP contribution in [-0.2, 0) is 5.41 Å². The van der Waals surface area contributed by atoms with Crippen molar-refractivity contribution in [2.24, 2.45) is 5.84 Å². The minimum atomic E-state index is -0.143. The Bertz CT molecular complexity index is 642. The lowest BCUT2D eigenvalue weighted by Gasteiger charge is -2.26. The lowest BCUT2D eigenvalue weighted by Crippen LogP contribution is -2.24. The highest BCUT2D eigenvalue weighted by molar-refractivity contribution is 14.1. The molecule has 4 N–H and O–H groups in total. The summed E-state index contributed by atoms with van der Waals surface area (Å²) in [4.78, 5) is 0.